The minimum absolute atomic E-state index is 0.691. The summed E-state index contributed by atoms with van der Waals surface area (Å²) >= 11 is 0. The Bertz CT molecular complexity index is 1010. The first kappa shape index (κ1) is 16.7. The summed E-state index contributed by atoms with van der Waals surface area (Å²) in [7, 11) is 0. The molecule has 3 rings (SSSR count). The second kappa shape index (κ2) is 7.20. The van der Waals surface area contributed by atoms with Crippen LogP contribution >= 0.6 is 0 Å². The van der Waals surface area contributed by atoms with E-state index in [-0.39, 0.29) is 0 Å². The SMILES string of the molecule is CC(/C=C/c1ccc2ccccc2c1C)=C(\C)c1ccc(C#N)cc1. The van der Waals surface area contributed by atoms with Gasteiger partial charge in [0.2, 0.25) is 0 Å². The molecule has 0 atom stereocenters. The summed E-state index contributed by atoms with van der Waals surface area (Å²) in [5, 5.41) is 11.5. The summed E-state index contributed by atoms with van der Waals surface area (Å²) in [6, 6.07) is 22.7. The Labute approximate surface area is 149 Å². The lowest BCUT2D eigenvalue weighted by molar-refractivity contribution is 1.43. The van der Waals surface area contributed by atoms with Crippen LogP contribution < -0.4 is 0 Å². The third-order valence-corrected chi connectivity index (χ3v) is 4.79. The standard InChI is InChI=1S/C24H21N/c1-17(18(2)21-12-9-20(16-25)10-13-21)8-11-22-14-15-23-6-4-5-7-24(23)19(22)3/h4-15H,1-3H3/b11-8+,18-17-. The minimum atomic E-state index is 0.691. The number of nitrogens with zero attached hydrogens (tertiary/aromatic N) is 1. The first-order valence-electron chi connectivity index (χ1n) is 8.44. The summed E-state index contributed by atoms with van der Waals surface area (Å²) in [6.07, 6.45) is 4.36. The van der Waals surface area contributed by atoms with E-state index in [1.165, 1.54) is 33.0 Å². The quantitative estimate of drug-likeness (QED) is 0.503. The van der Waals surface area contributed by atoms with Crippen molar-refractivity contribution in [1.29, 1.82) is 5.26 Å². The van der Waals surface area contributed by atoms with E-state index >= 15 is 0 Å². The van der Waals surface area contributed by atoms with Gasteiger partial charge in [0.05, 0.1) is 11.6 Å². The lowest BCUT2D eigenvalue weighted by atomic mass is 9.97. The Morgan fingerprint density at radius 1 is 0.920 bits per heavy atom. The second-order valence-electron chi connectivity index (χ2n) is 6.33. The summed E-state index contributed by atoms with van der Waals surface area (Å²) in [5.74, 6) is 0. The Morgan fingerprint density at radius 3 is 2.36 bits per heavy atom. The maximum absolute atomic E-state index is 8.91. The molecule has 0 saturated heterocycles. The van der Waals surface area contributed by atoms with Gasteiger partial charge in [-0.15, -0.1) is 0 Å². The number of fused-ring (bicyclic) bond motifs is 1. The van der Waals surface area contributed by atoms with Crippen molar-refractivity contribution in [3.63, 3.8) is 0 Å². The fourth-order valence-electron chi connectivity index (χ4n) is 2.99. The zero-order chi connectivity index (χ0) is 17.8. The third-order valence-electron chi connectivity index (χ3n) is 4.79. The fraction of sp³-hybridized carbons (Fsp3) is 0.125. The summed E-state index contributed by atoms with van der Waals surface area (Å²) in [5.41, 5.74) is 6.83. The van der Waals surface area contributed by atoms with Crippen LogP contribution in [0.2, 0.25) is 0 Å². The molecular formula is C24H21N. The third kappa shape index (κ3) is 3.54. The van der Waals surface area contributed by atoms with Crippen molar-refractivity contribution in [3.05, 3.63) is 94.6 Å². The average Bonchev–Trinajstić information content (AvgIpc) is 2.67. The maximum Gasteiger partial charge on any atom is 0.0991 e. The summed E-state index contributed by atoms with van der Waals surface area (Å²) in [6.45, 7) is 6.42. The van der Waals surface area contributed by atoms with Crippen molar-refractivity contribution in [2.45, 2.75) is 20.8 Å². The maximum atomic E-state index is 8.91. The molecule has 1 nitrogen and oxygen atoms in total. The molecule has 0 amide bonds. The molecule has 0 spiro atoms. The van der Waals surface area contributed by atoms with Crippen molar-refractivity contribution < 1.29 is 0 Å². The highest BCUT2D eigenvalue weighted by Crippen LogP contribution is 2.24. The Balaban J connectivity index is 1.92. The number of aryl methyl sites for hydroxylation is 1. The molecule has 0 unspecified atom stereocenters. The van der Waals surface area contributed by atoms with Crippen molar-refractivity contribution in [3.8, 4) is 6.07 Å². The first-order valence-corrected chi connectivity index (χ1v) is 8.44. The van der Waals surface area contributed by atoms with Gasteiger partial charge < -0.3 is 0 Å². The average molecular weight is 323 g/mol. The Morgan fingerprint density at radius 2 is 1.64 bits per heavy atom. The lowest BCUT2D eigenvalue weighted by Gasteiger charge is -2.07. The molecule has 0 aliphatic rings. The van der Waals surface area contributed by atoms with Crippen LogP contribution in [0.15, 0.2) is 72.3 Å². The van der Waals surface area contributed by atoms with Gasteiger partial charge in [-0.2, -0.15) is 5.26 Å². The van der Waals surface area contributed by atoms with Gasteiger partial charge in [-0.25, -0.2) is 0 Å². The largest absolute Gasteiger partial charge is 0.192 e. The molecule has 122 valence electrons. The number of allylic oxidation sites excluding steroid dienone is 3. The lowest BCUT2D eigenvalue weighted by Crippen LogP contribution is -1.86. The van der Waals surface area contributed by atoms with Crippen LogP contribution in [0.5, 0.6) is 0 Å². The van der Waals surface area contributed by atoms with E-state index in [9.17, 15) is 0 Å². The number of rotatable bonds is 3. The van der Waals surface area contributed by atoms with Crippen molar-refractivity contribution in [1.82, 2.24) is 0 Å². The van der Waals surface area contributed by atoms with Crippen LogP contribution in [0.1, 0.15) is 36.1 Å². The smallest absolute Gasteiger partial charge is 0.0991 e. The van der Waals surface area contributed by atoms with Gasteiger partial charge in [0, 0.05) is 0 Å². The number of benzene rings is 3. The van der Waals surface area contributed by atoms with Crippen molar-refractivity contribution in [2.24, 2.45) is 0 Å². The molecule has 0 fully saturated rings. The van der Waals surface area contributed by atoms with E-state index in [0.717, 1.165) is 5.56 Å². The minimum Gasteiger partial charge on any atom is -0.192 e. The zero-order valence-corrected chi connectivity index (χ0v) is 14.9. The molecular weight excluding hydrogens is 302 g/mol. The molecule has 0 N–H and O–H groups in total. The molecule has 0 aliphatic heterocycles. The van der Waals surface area contributed by atoms with Gasteiger partial charge in [-0.05, 0) is 71.5 Å². The van der Waals surface area contributed by atoms with Crippen LogP contribution in [-0.4, -0.2) is 0 Å². The number of hydrogen-bond acceptors (Lipinski definition) is 1. The fourth-order valence-corrected chi connectivity index (χ4v) is 2.99. The number of nitriles is 1. The van der Waals surface area contributed by atoms with Crippen LogP contribution in [0.4, 0.5) is 0 Å². The molecule has 1 heteroatoms. The topological polar surface area (TPSA) is 23.8 Å². The molecule has 0 saturated carbocycles. The van der Waals surface area contributed by atoms with E-state index in [2.05, 4.69) is 75.4 Å². The highest BCUT2D eigenvalue weighted by Gasteiger charge is 2.02. The molecule has 0 heterocycles. The van der Waals surface area contributed by atoms with Crippen molar-refractivity contribution in [2.75, 3.05) is 0 Å². The molecule has 0 aliphatic carbocycles. The molecule has 0 bridgehead atoms. The highest BCUT2D eigenvalue weighted by atomic mass is 14.2. The highest BCUT2D eigenvalue weighted by molar-refractivity contribution is 5.88. The van der Waals surface area contributed by atoms with E-state index < -0.39 is 0 Å². The Kier molecular flexibility index (Phi) is 4.82. The van der Waals surface area contributed by atoms with Crippen LogP contribution in [-0.2, 0) is 0 Å². The van der Waals surface area contributed by atoms with Gasteiger partial charge in [-0.1, -0.05) is 60.7 Å². The van der Waals surface area contributed by atoms with Crippen LogP contribution in [0.3, 0.4) is 0 Å². The molecule has 25 heavy (non-hydrogen) atoms. The normalized spacial score (nSPS) is 12.2. The first-order chi connectivity index (χ1) is 12.1. The Hall–Kier alpha value is -3.11. The van der Waals surface area contributed by atoms with Gasteiger partial charge in [0.25, 0.3) is 0 Å². The molecule has 3 aromatic rings. The van der Waals surface area contributed by atoms with E-state index in [1.807, 2.05) is 24.3 Å². The van der Waals surface area contributed by atoms with Gasteiger partial charge >= 0.3 is 0 Å². The van der Waals surface area contributed by atoms with Crippen LogP contribution in [0.25, 0.3) is 22.4 Å². The zero-order valence-electron chi connectivity index (χ0n) is 14.9. The van der Waals surface area contributed by atoms with E-state index in [0.29, 0.717) is 5.56 Å². The summed E-state index contributed by atoms with van der Waals surface area (Å²) in [4.78, 5) is 0. The molecule has 3 aromatic carbocycles. The van der Waals surface area contributed by atoms with E-state index in [4.69, 9.17) is 5.26 Å². The van der Waals surface area contributed by atoms with Gasteiger partial charge in [-0.3, -0.25) is 0 Å². The van der Waals surface area contributed by atoms with E-state index in [1.54, 1.807) is 0 Å². The van der Waals surface area contributed by atoms with Gasteiger partial charge in [0.15, 0.2) is 0 Å². The van der Waals surface area contributed by atoms with Crippen LogP contribution in [0, 0.1) is 18.3 Å². The van der Waals surface area contributed by atoms with Crippen molar-refractivity contribution >= 4 is 22.4 Å². The number of hydrogen-bond donors (Lipinski definition) is 0. The van der Waals surface area contributed by atoms with Gasteiger partial charge in [0.1, 0.15) is 0 Å². The molecule has 0 radical (unpaired) electrons. The second-order valence-corrected chi connectivity index (χ2v) is 6.33. The monoisotopic (exact) mass is 323 g/mol. The predicted octanol–water partition coefficient (Wildman–Crippen LogP) is 6.53. The predicted molar refractivity (Wildman–Crippen MR) is 107 cm³/mol. The summed E-state index contributed by atoms with van der Waals surface area (Å²) < 4.78 is 0. The molecule has 0 aromatic heterocycles.